The van der Waals surface area contributed by atoms with Gasteiger partial charge < -0.3 is 9.47 Å². The molecule has 0 spiro atoms. The van der Waals surface area contributed by atoms with Crippen LogP contribution in [-0.2, 0) is 0 Å². The molecule has 0 aliphatic carbocycles. The van der Waals surface area contributed by atoms with E-state index in [1.54, 1.807) is 25.6 Å². The molecule has 0 N–H and O–H groups in total. The van der Waals surface area contributed by atoms with Crippen molar-refractivity contribution in [2.45, 2.75) is 5.03 Å². The Kier molecular flexibility index (Phi) is 3.36. The van der Waals surface area contributed by atoms with Gasteiger partial charge in [0.1, 0.15) is 10.0 Å². The van der Waals surface area contributed by atoms with Gasteiger partial charge in [0.15, 0.2) is 11.5 Å². The average molecular weight is 253 g/mol. The molecular formula is C11H11NO2S2. The third-order valence-corrected chi connectivity index (χ3v) is 3.42. The highest BCUT2D eigenvalue weighted by molar-refractivity contribution is 7.80. The highest BCUT2D eigenvalue weighted by Crippen LogP contribution is 2.33. The van der Waals surface area contributed by atoms with Gasteiger partial charge in [0, 0.05) is 10.9 Å². The molecule has 0 unspecified atom stereocenters. The van der Waals surface area contributed by atoms with E-state index in [1.807, 2.05) is 23.6 Å². The molecule has 1 aromatic carbocycles. The first-order chi connectivity index (χ1) is 7.74. The third kappa shape index (κ3) is 2.15. The molecule has 2 rings (SSSR count). The average Bonchev–Trinajstić information content (AvgIpc) is 2.75. The zero-order valence-corrected chi connectivity index (χ0v) is 10.6. The van der Waals surface area contributed by atoms with Crippen molar-refractivity contribution in [2.24, 2.45) is 0 Å². The standard InChI is InChI=1S/C11H11NO2S2/c1-13-8-4-3-7(5-9(8)14-2)11-12-10(15)6-16-11/h3-6,15H,1-2H3. The monoisotopic (exact) mass is 253 g/mol. The fraction of sp³-hybridized carbons (Fsp3) is 0.182. The molecule has 0 bridgehead atoms. The van der Waals surface area contributed by atoms with E-state index in [-0.39, 0.29) is 0 Å². The predicted octanol–water partition coefficient (Wildman–Crippen LogP) is 3.12. The molecule has 5 heteroatoms. The lowest BCUT2D eigenvalue weighted by atomic mass is 10.2. The second-order valence-corrected chi connectivity index (χ2v) is 4.40. The smallest absolute Gasteiger partial charge is 0.161 e. The van der Waals surface area contributed by atoms with E-state index in [4.69, 9.17) is 9.47 Å². The fourth-order valence-electron chi connectivity index (χ4n) is 1.37. The van der Waals surface area contributed by atoms with E-state index in [9.17, 15) is 0 Å². The van der Waals surface area contributed by atoms with Crippen molar-refractivity contribution in [3.8, 4) is 22.1 Å². The maximum Gasteiger partial charge on any atom is 0.161 e. The number of methoxy groups -OCH3 is 2. The number of hydrogen-bond acceptors (Lipinski definition) is 5. The number of nitrogens with zero attached hydrogens (tertiary/aromatic N) is 1. The molecule has 0 aliphatic heterocycles. The molecule has 1 aromatic heterocycles. The van der Waals surface area contributed by atoms with Crippen LogP contribution in [0.15, 0.2) is 28.6 Å². The first-order valence-electron chi connectivity index (χ1n) is 4.61. The fourth-order valence-corrected chi connectivity index (χ4v) is 2.38. The summed E-state index contributed by atoms with van der Waals surface area (Å²) in [5, 5.41) is 3.55. The highest BCUT2D eigenvalue weighted by atomic mass is 32.1. The van der Waals surface area contributed by atoms with Gasteiger partial charge in [-0.25, -0.2) is 4.98 Å². The van der Waals surface area contributed by atoms with Gasteiger partial charge >= 0.3 is 0 Å². The van der Waals surface area contributed by atoms with E-state index >= 15 is 0 Å². The van der Waals surface area contributed by atoms with Gasteiger partial charge in [-0.05, 0) is 18.2 Å². The Balaban J connectivity index is 2.43. The van der Waals surface area contributed by atoms with Crippen LogP contribution in [0.5, 0.6) is 11.5 Å². The molecule has 16 heavy (non-hydrogen) atoms. The lowest BCUT2D eigenvalue weighted by molar-refractivity contribution is 0.355. The largest absolute Gasteiger partial charge is 0.493 e. The molecule has 0 radical (unpaired) electrons. The van der Waals surface area contributed by atoms with Crippen molar-refractivity contribution in [1.82, 2.24) is 4.98 Å². The number of aromatic nitrogens is 1. The van der Waals surface area contributed by atoms with E-state index in [2.05, 4.69) is 17.6 Å². The minimum absolute atomic E-state index is 0.705. The van der Waals surface area contributed by atoms with Crippen molar-refractivity contribution in [1.29, 1.82) is 0 Å². The Labute approximate surface area is 103 Å². The summed E-state index contributed by atoms with van der Waals surface area (Å²) in [6.45, 7) is 0. The van der Waals surface area contributed by atoms with Gasteiger partial charge in [0.25, 0.3) is 0 Å². The molecule has 3 nitrogen and oxygen atoms in total. The quantitative estimate of drug-likeness (QED) is 0.853. The molecule has 0 fully saturated rings. The molecule has 0 amide bonds. The van der Waals surface area contributed by atoms with Crippen LogP contribution in [0.4, 0.5) is 0 Å². The Hall–Kier alpha value is -1.20. The number of benzene rings is 1. The zero-order chi connectivity index (χ0) is 11.5. The molecular weight excluding hydrogens is 242 g/mol. The lowest BCUT2D eigenvalue weighted by Crippen LogP contribution is -1.90. The van der Waals surface area contributed by atoms with Crippen LogP contribution in [0, 0.1) is 0 Å². The summed E-state index contributed by atoms with van der Waals surface area (Å²) >= 11 is 5.74. The Bertz CT molecular complexity index is 496. The lowest BCUT2D eigenvalue weighted by Gasteiger charge is -2.08. The Morgan fingerprint density at radius 2 is 1.94 bits per heavy atom. The van der Waals surface area contributed by atoms with Crippen LogP contribution in [0.1, 0.15) is 0 Å². The van der Waals surface area contributed by atoms with E-state index < -0.39 is 0 Å². The topological polar surface area (TPSA) is 31.4 Å². The summed E-state index contributed by atoms with van der Waals surface area (Å²) in [5.74, 6) is 1.42. The van der Waals surface area contributed by atoms with Crippen LogP contribution in [0.25, 0.3) is 10.6 Å². The third-order valence-electron chi connectivity index (χ3n) is 2.12. The number of ether oxygens (including phenoxy) is 2. The van der Waals surface area contributed by atoms with Gasteiger partial charge in [-0.2, -0.15) is 0 Å². The van der Waals surface area contributed by atoms with Crippen LogP contribution in [0.2, 0.25) is 0 Å². The SMILES string of the molecule is COc1ccc(-c2nc(S)cs2)cc1OC. The second kappa shape index (κ2) is 4.76. The summed E-state index contributed by atoms with van der Waals surface area (Å²) in [6, 6.07) is 5.73. The Morgan fingerprint density at radius 1 is 1.19 bits per heavy atom. The van der Waals surface area contributed by atoms with Gasteiger partial charge in [-0.1, -0.05) is 0 Å². The molecule has 2 aromatic rings. The van der Waals surface area contributed by atoms with Gasteiger partial charge in [-0.15, -0.1) is 24.0 Å². The summed E-state index contributed by atoms with van der Waals surface area (Å²) in [6.07, 6.45) is 0. The second-order valence-electron chi connectivity index (χ2n) is 3.08. The summed E-state index contributed by atoms with van der Waals surface area (Å²) in [5.41, 5.74) is 1.00. The van der Waals surface area contributed by atoms with Crippen molar-refractivity contribution < 1.29 is 9.47 Å². The minimum atomic E-state index is 0.705. The summed E-state index contributed by atoms with van der Waals surface area (Å²) in [7, 11) is 3.24. The molecule has 0 saturated heterocycles. The van der Waals surface area contributed by atoms with Crippen LogP contribution in [0.3, 0.4) is 0 Å². The summed E-state index contributed by atoms with van der Waals surface area (Å²) in [4.78, 5) is 4.30. The first-order valence-corrected chi connectivity index (χ1v) is 5.94. The highest BCUT2D eigenvalue weighted by Gasteiger charge is 2.08. The van der Waals surface area contributed by atoms with E-state index in [0.29, 0.717) is 11.5 Å². The zero-order valence-electron chi connectivity index (χ0n) is 8.93. The number of hydrogen-bond donors (Lipinski definition) is 1. The van der Waals surface area contributed by atoms with Crippen molar-refractivity contribution in [3.05, 3.63) is 23.6 Å². The van der Waals surface area contributed by atoms with Gasteiger partial charge in [0.2, 0.25) is 0 Å². The van der Waals surface area contributed by atoms with Gasteiger partial charge in [0.05, 0.1) is 14.2 Å². The summed E-state index contributed by atoms with van der Waals surface area (Å²) < 4.78 is 10.4. The number of thiol groups is 1. The van der Waals surface area contributed by atoms with E-state index in [0.717, 1.165) is 15.6 Å². The maximum atomic E-state index is 5.24. The van der Waals surface area contributed by atoms with Gasteiger partial charge in [-0.3, -0.25) is 0 Å². The minimum Gasteiger partial charge on any atom is -0.493 e. The maximum absolute atomic E-state index is 5.24. The van der Waals surface area contributed by atoms with Crippen LogP contribution < -0.4 is 9.47 Å². The molecule has 0 saturated carbocycles. The van der Waals surface area contributed by atoms with Crippen LogP contribution in [-0.4, -0.2) is 19.2 Å². The normalized spacial score (nSPS) is 10.2. The number of thiazole rings is 1. The van der Waals surface area contributed by atoms with Crippen LogP contribution >= 0.6 is 24.0 Å². The first kappa shape index (κ1) is 11.3. The van der Waals surface area contributed by atoms with Crippen molar-refractivity contribution >= 4 is 24.0 Å². The van der Waals surface area contributed by atoms with Crippen molar-refractivity contribution in [3.63, 3.8) is 0 Å². The number of rotatable bonds is 3. The molecule has 84 valence electrons. The predicted molar refractivity (Wildman–Crippen MR) is 67.9 cm³/mol. The van der Waals surface area contributed by atoms with E-state index in [1.165, 1.54) is 0 Å². The molecule has 0 aliphatic rings. The molecule has 1 heterocycles. The molecule has 0 atom stereocenters. The Morgan fingerprint density at radius 3 is 2.50 bits per heavy atom. The van der Waals surface area contributed by atoms with Crippen molar-refractivity contribution in [2.75, 3.05) is 14.2 Å².